The van der Waals surface area contributed by atoms with Crippen molar-refractivity contribution in [3.05, 3.63) is 5.01 Å². The van der Waals surface area contributed by atoms with E-state index in [1.54, 1.807) is 0 Å². The Morgan fingerprint density at radius 1 is 1.50 bits per heavy atom. The van der Waals surface area contributed by atoms with Crippen LogP contribution in [0, 0.1) is 11.8 Å². The zero-order valence-electron chi connectivity index (χ0n) is 11.1. The van der Waals surface area contributed by atoms with Crippen LogP contribution < -0.4 is 5.32 Å². The average Bonchev–Trinajstić information content (AvgIpc) is 2.88. The number of nitrogens with one attached hydrogen (secondary N) is 1. The predicted molar refractivity (Wildman–Crippen MR) is 72.4 cm³/mol. The molecule has 18 heavy (non-hydrogen) atoms. The first kappa shape index (κ1) is 13.3. The Bertz CT molecular complexity index is 418. The van der Waals surface area contributed by atoms with Crippen molar-refractivity contribution in [2.24, 2.45) is 11.8 Å². The molecule has 0 bridgehead atoms. The number of carbonyl (C=O) groups is 1. The van der Waals surface area contributed by atoms with Crippen LogP contribution >= 0.6 is 11.3 Å². The molecule has 1 aromatic heterocycles. The molecule has 0 aromatic carbocycles. The van der Waals surface area contributed by atoms with Gasteiger partial charge in [0.15, 0.2) is 0 Å². The topological polar surface area (TPSA) is 58.1 Å². The SMILES string of the molecule is CCNc1nnc(CN2CC(C(C)C)CC2=O)s1. The van der Waals surface area contributed by atoms with Gasteiger partial charge in [-0.25, -0.2) is 0 Å². The fraction of sp³-hybridized carbons (Fsp3) is 0.750. The maximum absolute atomic E-state index is 11.9. The van der Waals surface area contributed by atoms with Crippen LogP contribution in [0.15, 0.2) is 0 Å². The van der Waals surface area contributed by atoms with Crippen molar-refractivity contribution < 1.29 is 4.79 Å². The van der Waals surface area contributed by atoms with Gasteiger partial charge in [0.2, 0.25) is 11.0 Å². The summed E-state index contributed by atoms with van der Waals surface area (Å²) in [5, 5.41) is 13.0. The molecule has 2 rings (SSSR count). The van der Waals surface area contributed by atoms with E-state index in [0.717, 1.165) is 23.2 Å². The van der Waals surface area contributed by atoms with E-state index in [0.29, 0.717) is 24.8 Å². The highest BCUT2D eigenvalue weighted by Crippen LogP contribution is 2.27. The van der Waals surface area contributed by atoms with Crippen molar-refractivity contribution in [3.8, 4) is 0 Å². The molecule has 5 nitrogen and oxygen atoms in total. The van der Waals surface area contributed by atoms with Gasteiger partial charge in [-0.2, -0.15) is 0 Å². The van der Waals surface area contributed by atoms with E-state index in [9.17, 15) is 4.79 Å². The van der Waals surface area contributed by atoms with E-state index in [1.165, 1.54) is 11.3 Å². The first-order chi connectivity index (χ1) is 8.60. The second-order valence-corrected chi connectivity index (χ2v) is 6.08. The van der Waals surface area contributed by atoms with Gasteiger partial charge in [0, 0.05) is 19.5 Å². The van der Waals surface area contributed by atoms with Crippen LogP contribution in [-0.4, -0.2) is 34.1 Å². The van der Waals surface area contributed by atoms with Crippen molar-refractivity contribution in [2.75, 3.05) is 18.4 Å². The number of anilines is 1. The highest BCUT2D eigenvalue weighted by Gasteiger charge is 2.31. The third kappa shape index (κ3) is 2.98. The second-order valence-electron chi connectivity index (χ2n) is 5.01. The van der Waals surface area contributed by atoms with E-state index in [2.05, 4.69) is 29.4 Å². The standard InChI is InChI=1S/C12H20N4OS/c1-4-13-12-15-14-10(18-12)7-16-6-9(8(2)3)5-11(16)17/h8-9H,4-7H2,1-3H3,(H,13,15). The fourth-order valence-electron chi connectivity index (χ4n) is 2.11. The molecule has 0 radical (unpaired) electrons. The summed E-state index contributed by atoms with van der Waals surface area (Å²) in [4.78, 5) is 13.8. The Labute approximate surface area is 112 Å². The van der Waals surface area contributed by atoms with E-state index in [1.807, 2.05) is 11.8 Å². The number of likely N-dealkylation sites (tertiary alicyclic amines) is 1. The summed E-state index contributed by atoms with van der Waals surface area (Å²) >= 11 is 1.53. The zero-order chi connectivity index (χ0) is 13.1. The third-order valence-corrected chi connectivity index (χ3v) is 4.17. The van der Waals surface area contributed by atoms with Crippen LogP contribution in [0.3, 0.4) is 0 Å². The fourth-order valence-corrected chi connectivity index (χ4v) is 2.93. The van der Waals surface area contributed by atoms with Crippen LogP contribution in [-0.2, 0) is 11.3 Å². The van der Waals surface area contributed by atoms with Gasteiger partial charge < -0.3 is 10.2 Å². The van der Waals surface area contributed by atoms with Crippen molar-refractivity contribution >= 4 is 22.4 Å². The van der Waals surface area contributed by atoms with Gasteiger partial charge in [-0.1, -0.05) is 25.2 Å². The molecule has 1 aliphatic rings. The Morgan fingerprint density at radius 3 is 2.89 bits per heavy atom. The molecular weight excluding hydrogens is 248 g/mol. The number of nitrogens with zero attached hydrogens (tertiary/aromatic N) is 3. The molecule has 1 atom stereocenters. The summed E-state index contributed by atoms with van der Waals surface area (Å²) in [6.07, 6.45) is 0.677. The van der Waals surface area contributed by atoms with Crippen LogP contribution in [0.4, 0.5) is 5.13 Å². The number of rotatable bonds is 5. The van der Waals surface area contributed by atoms with Crippen LogP contribution in [0.5, 0.6) is 0 Å². The molecule has 1 aliphatic heterocycles. The maximum atomic E-state index is 11.9. The Kier molecular flexibility index (Phi) is 4.16. The lowest BCUT2D eigenvalue weighted by Crippen LogP contribution is -2.25. The summed E-state index contributed by atoms with van der Waals surface area (Å²) in [7, 11) is 0. The molecule has 1 saturated heterocycles. The molecule has 0 aliphatic carbocycles. The van der Waals surface area contributed by atoms with Gasteiger partial charge in [0.05, 0.1) is 6.54 Å². The molecule has 1 fully saturated rings. The number of amides is 1. The Balaban J connectivity index is 1.94. The number of aromatic nitrogens is 2. The van der Waals surface area contributed by atoms with E-state index in [-0.39, 0.29) is 5.91 Å². The van der Waals surface area contributed by atoms with Crippen LogP contribution in [0.25, 0.3) is 0 Å². The minimum absolute atomic E-state index is 0.244. The molecule has 1 N–H and O–H groups in total. The highest BCUT2D eigenvalue weighted by molar-refractivity contribution is 7.15. The van der Waals surface area contributed by atoms with Crippen molar-refractivity contribution in [3.63, 3.8) is 0 Å². The first-order valence-electron chi connectivity index (χ1n) is 6.44. The van der Waals surface area contributed by atoms with Gasteiger partial charge >= 0.3 is 0 Å². The predicted octanol–water partition coefficient (Wildman–Crippen LogP) is 1.97. The highest BCUT2D eigenvalue weighted by atomic mass is 32.1. The van der Waals surface area contributed by atoms with Crippen LogP contribution in [0.2, 0.25) is 0 Å². The van der Waals surface area contributed by atoms with Crippen molar-refractivity contribution in [1.29, 1.82) is 0 Å². The van der Waals surface area contributed by atoms with Crippen molar-refractivity contribution in [1.82, 2.24) is 15.1 Å². The smallest absolute Gasteiger partial charge is 0.223 e. The molecule has 0 saturated carbocycles. The maximum Gasteiger partial charge on any atom is 0.223 e. The van der Waals surface area contributed by atoms with E-state index in [4.69, 9.17) is 0 Å². The summed E-state index contributed by atoms with van der Waals surface area (Å²) < 4.78 is 0. The number of carbonyl (C=O) groups excluding carboxylic acids is 1. The molecule has 1 unspecified atom stereocenters. The minimum Gasteiger partial charge on any atom is -0.360 e. The molecule has 2 heterocycles. The van der Waals surface area contributed by atoms with Gasteiger partial charge in [-0.05, 0) is 18.8 Å². The third-order valence-electron chi connectivity index (χ3n) is 3.31. The second kappa shape index (κ2) is 5.65. The summed E-state index contributed by atoms with van der Waals surface area (Å²) in [6, 6.07) is 0. The summed E-state index contributed by atoms with van der Waals surface area (Å²) in [5.74, 6) is 1.29. The normalized spacial score (nSPS) is 19.9. The van der Waals surface area contributed by atoms with Gasteiger partial charge in [-0.15, -0.1) is 10.2 Å². The summed E-state index contributed by atoms with van der Waals surface area (Å²) in [5.41, 5.74) is 0. The summed E-state index contributed by atoms with van der Waals surface area (Å²) in [6.45, 7) is 8.67. The average molecular weight is 268 g/mol. The Hall–Kier alpha value is -1.17. The van der Waals surface area contributed by atoms with Gasteiger partial charge in [0.25, 0.3) is 0 Å². The lowest BCUT2D eigenvalue weighted by molar-refractivity contribution is -0.128. The van der Waals surface area contributed by atoms with Crippen molar-refractivity contribution in [2.45, 2.75) is 33.7 Å². The minimum atomic E-state index is 0.244. The van der Waals surface area contributed by atoms with Gasteiger partial charge in [0.1, 0.15) is 5.01 Å². The van der Waals surface area contributed by atoms with E-state index < -0.39 is 0 Å². The largest absolute Gasteiger partial charge is 0.360 e. The lowest BCUT2D eigenvalue weighted by atomic mass is 9.95. The molecule has 6 heteroatoms. The van der Waals surface area contributed by atoms with Crippen LogP contribution in [0.1, 0.15) is 32.2 Å². The van der Waals surface area contributed by atoms with Gasteiger partial charge in [-0.3, -0.25) is 4.79 Å². The molecule has 1 aromatic rings. The van der Waals surface area contributed by atoms with E-state index >= 15 is 0 Å². The monoisotopic (exact) mass is 268 g/mol. The quantitative estimate of drug-likeness (QED) is 0.887. The zero-order valence-corrected chi connectivity index (χ0v) is 12.0. The molecule has 0 spiro atoms. The first-order valence-corrected chi connectivity index (χ1v) is 7.25. The number of hydrogen-bond acceptors (Lipinski definition) is 5. The lowest BCUT2D eigenvalue weighted by Gasteiger charge is -2.16. The Morgan fingerprint density at radius 2 is 2.28 bits per heavy atom. The number of hydrogen-bond donors (Lipinski definition) is 1. The molecule has 100 valence electrons. The molecular formula is C12H20N4OS. The molecule has 1 amide bonds.